The molecule has 1 unspecified atom stereocenters. The highest BCUT2D eigenvalue weighted by atomic mass is 32.1. The van der Waals surface area contributed by atoms with E-state index in [0.717, 1.165) is 22.7 Å². The molecule has 2 heterocycles. The van der Waals surface area contributed by atoms with E-state index in [0.29, 0.717) is 6.04 Å². The fourth-order valence-corrected chi connectivity index (χ4v) is 3.50. The van der Waals surface area contributed by atoms with Crippen molar-refractivity contribution in [3.05, 3.63) is 51.7 Å². The van der Waals surface area contributed by atoms with E-state index in [1.807, 2.05) is 37.3 Å². The predicted octanol–water partition coefficient (Wildman–Crippen LogP) is 4.37. The quantitative estimate of drug-likeness (QED) is 0.715. The Morgan fingerprint density at radius 1 is 1.22 bits per heavy atom. The minimum absolute atomic E-state index is 0.0199. The normalized spacial score (nSPS) is 16.4. The van der Waals surface area contributed by atoms with Crippen molar-refractivity contribution in [1.82, 2.24) is 5.32 Å². The fourth-order valence-electron chi connectivity index (χ4n) is 2.49. The number of amides is 1. The molecule has 3 rings (SSSR count). The zero-order chi connectivity index (χ0) is 20.0. The van der Waals surface area contributed by atoms with Crippen LogP contribution in [-0.2, 0) is 4.79 Å². The summed E-state index contributed by atoms with van der Waals surface area (Å²) < 4.78 is 31.7. The number of aryl methyl sites for hydroxylation is 1. The van der Waals surface area contributed by atoms with Gasteiger partial charge in [0.1, 0.15) is 0 Å². The van der Waals surface area contributed by atoms with Gasteiger partial charge in [-0.15, -0.1) is 11.3 Å². The van der Waals surface area contributed by atoms with Gasteiger partial charge in [0, 0.05) is 16.6 Å². The van der Waals surface area contributed by atoms with Gasteiger partial charge in [-0.3, -0.25) is 4.79 Å². The van der Waals surface area contributed by atoms with Crippen LogP contribution in [0.2, 0.25) is 0 Å². The summed E-state index contributed by atoms with van der Waals surface area (Å²) >= 11 is 1.59. The lowest BCUT2D eigenvalue weighted by Crippen LogP contribution is -2.21. The van der Waals surface area contributed by atoms with Crippen LogP contribution in [0.3, 0.4) is 0 Å². The molecule has 0 radical (unpaired) electrons. The molecule has 146 valence electrons. The van der Waals surface area contributed by atoms with Crippen LogP contribution in [-0.4, -0.2) is 29.7 Å². The number of hydrogen-bond donors (Lipinski definition) is 3. The van der Waals surface area contributed by atoms with Gasteiger partial charge in [-0.25, -0.2) is 4.79 Å². The smallest absolute Gasteiger partial charge is 0.475 e. The van der Waals surface area contributed by atoms with Crippen LogP contribution in [0.1, 0.15) is 39.0 Å². The molecule has 0 spiro atoms. The highest BCUT2D eigenvalue weighted by Gasteiger charge is 2.38. The first-order valence-electron chi connectivity index (χ1n) is 8.18. The number of benzene rings is 1. The maximum absolute atomic E-state index is 12.3. The van der Waals surface area contributed by atoms with Gasteiger partial charge in [0.05, 0.1) is 4.88 Å². The third-order valence-electron chi connectivity index (χ3n) is 3.89. The Hall–Kier alpha value is -2.39. The van der Waals surface area contributed by atoms with Crippen LogP contribution in [0.5, 0.6) is 0 Å². The molecule has 1 amide bonds. The molecule has 3 N–H and O–H groups in total. The number of nitrogens with one attached hydrogen (secondary N) is 2. The van der Waals surface area contributed by atoms with E-state index in [1.54, 1.807) is 11.3 Å². The van der Waals surface area contributed by atoms with Gasteiger partial charge in [0.25, 0.3) is 5.91 Å². The number of thiophene rings is 1. The monoisotopic (exact) mass is 400 g/mol. The first-order valence-corrected chi connectivity index (χ1v) is 9.00. The zero-order valence-electron chi connectivity index (χ0n) is 14.5. The molecule has 27 heavy (non-hydrogen) atoms. The van der Waals surface area contributed by atoms with Gasteiger partial charge in [0.2, 0.25) is 0 Å². The van der Waals surface area contributed by atoms with Crippen LogP contribution < -0.4 is 10.6 Å². The van der Waals surface area contributed by atoms with Crippen molar-refractivity contribution >= 4 is 28.9 Å². The molecule has 1 aromatic heterocycles. The molecule has 1 saturated heterocycles. The van der Waals surface area contributed by atoms with Crippen LogP contribution in [0.15, 0.2) is 36.4 Å². The Kier molecular flexibility index (Phi) is 6.98. The summed E-state index contributed by atoms with van der Waals surface area (Å²) in [5.41, 5.74) is 1.96. The van der Waals surface area contributed by atoms with Crippen molar-refractivity contribution in [1.29, 1.82) is 0 Å². The minimum atomic E-state index is -5.08. The third-order valence-corrected chi connectivity index (χ3v) is 5.09. The van der Waals surface area contributed by atoms with Crippen molar-refractivity contribution in [2.45, 2.75) is 32.0 Å². The van der Waals surface area contributed by atoms with E-state index < -0.39 is 12.1 Å². The maximum atomic E-state index is 12.3. The predicted molar refractivity (Wildman–Crippen MR) is 97.1 cm³/mol. The molecule has 1 aliphatic heterocycles. The number of carboxylic acid groups (broad SMARTS) is 1. The number of para-hydroxylation sites is 1. The van der Waals surface area contributed by atoms with Crippen molar-refractivity contribution in [2.75, 3.05) is 11.9 Å². The average molecular weight is 400 g/mol. The Morgan fingerprint density at radius 3 is 2.44 bits per heavy atom. The van der Waals surface area contributed by atoms with Crippen molar-refractivity contribution in [2.24, 2.45) is 0 Å². The highest BCUT2D eigenvalue weighted by molar-refractivity contribution is 7.14. The molecule has 0 aliphatic carbocycles. The lowest BCUT2D eigenvalue weighted by atomic mass is 10.2. The number of alkyl halides is 3. The molecule has 1 atom stereocenters. The van der Waals surface area contributed by atoms with Crippen molar-refractivity contribution < 1.29 is 27.9 Å². The standard InChI is InChI=1S/C16H18N2OS.C2HF3O2/c1-11-5-2-3-6-12(11)18-16(19)15-9-8-14(20-15)13-7-4-10-17-13;3-2(4,5)1(6)7/h2-3,5-6,8-9,13,17H,4,7,10H2,1H3,(H,18,19);(H,6,7). The number of carbonyl (C=O) groups is 2. The first kappa shape index (κ1) is 20.9. The van der Waals surface area contributed by atoms with Crippen LogP contribution in [0.25, 0.3) is 0 Å². The lowest BCUT2D eigenvalue weighted by molar-refractivity contribution is -0.192. The molecule has 1 aromatic carbocycles. The first-order chi connectivity index (χ1) is 12.7. The number of rotatable bonds is 3. The van der Waals surface area contributed by atoms with Crippen molar-refractivity contribution in [3.8, 4) is 0 Å². The van der Waals surface area contributed by atoms with Gasteiger partial charge >= 0.3 is 12.1 Å². The minimum Gasteiger partial charge on any atom is -0.475 e. The molecule has 2 aromatic rings. The summed E-state index contributed by atoms with van der Waals surface area (Å²) in [6, 6.07) is 12.3. The second-order valence-electron chi connectivity index (χ2n) is 5.92. The van der Waals surface area contributed by atoms with E-state index in [4.69, 9.17) is 9.90 Å². The molecule has 1 aliphatic rings. The molecule has 5 nitrogen and oxygen atoms in total. The van der Waals surface area contributed by atoms with Gasteiger partial charge in [-0.1, -0.05) is 18.2 Å². The fraction of sp³-hybridized carbons (Fsp3) is 0.333. The topological polar surface area (TPSA) is 78.4 Å². The van der Waals surface area contributed by atoms with Gasteiger partial charge in [-0.05, 0) is 50.1 Å². The summed E-state index contributed by atoms with van der Waals surface area (Å²) in [6.45, 7) is 3.07. The number of aliphatic carboxylic acids is 1. The highest BCUT2D eigenvalue weighted by Crippen LogP contribution is 2.29. The largest absolute Gasteiger partial charge is 0.490 e. The zero-order valence-corrected chi connectivity index (χ0v) is 15.3. The Bertz CT molecular complexity index is 799. The van der Waals surface area contributed by atoms with E-state index >= 15 is 0 Å². The Balaban J connectivity index is 0.000000321. The molecule has 0 saturated carbocycles. The number of hydrogen-bond acceptors (Lipinski definition) is 4. The molecule has 1 fully saturated rings. The maximum Gasteiger partial charge on any atom is 0.490 e. The summed E-state index contributed by atoms with van der Waals surface area (Å²) in [4.78, 5) is 23.2. The molecular formula is C18H19F3N2O3S. The van der Waals surface area contributed by atoms with E-state index in [-0.39, 0.29) is 5.91 Å². The number of carbonyl (C=O) groups excluding carboxylic acids is 1. The van der Waals surface area contributed by atoms with E-state index in [1.165, 1.54) is 17.7 Å². The SMILES string of the molecule is Cc1ccccc1NC(=O)c1ccc(C2CCCN2)s1.O=C(O)C(F)(F)F. The summed E-state index contributed by atoms with van der Waals surface area (Å²) in [5.74, 6) is -2.78. The third kappa shape index (κ3) is 6.07. The summed E-state index contributed by atoms with van der Waals surface area (Å²) in [6.07, 6.45) is -2.70. The van der Waals surface area contributed by atoms with Gasteiger partial charge < -0.3 is 15.7 Å². The summed E-state index contributed by atoms with van der Waals surface area (Å²) in [7, 11) is 0. The van der Waals surface area contributed by atoms with Gasteiger partial charge in [0.15, 0.2) is 0 Å². The summed E-state index contributed by atoms with van der Waals surface area (Å²) in [5, 5.41) is 13.6. The van der Waals surface area contributed by atoms with E-state index in [2.05, 4.69) is 16.7 Å². The molecule has 0 bridgehead atoms. The molecular weight excluding hydrogens is 381 g/mol. The second kappa shape index (κ2) is 9.01. The van der Waals surface area contributed by atoms with Crippen LogP contribution in [0, 0.1) is 6.92 Å². The Morgan fingerprint density at radius 2 is 1.89 bits per heavy atom. The number of halogens is 3. The Labute approximate surface area is 158 Å². The van der Waals surface area contributed by atoms with Crippen LogP contribution >= 0.6 is 11.3 Å². The second-order valence-corrected chi connectivity index (χ2v) is 7.04. The van der Waals surface area contributed by atoms with Crippen LogP contribution in [0.4, 0.5) is 18.9 Å². The van der Waals surface area contributed by atoms with E-state index in [9.17, 15) is 18.0 Å². The molecule has 9 heteroatoms. The number of carboxylic acids is 1. The average Bonchev–Trinajstić information content (AvgIpc) is 3.28. The number of anilines is 1. The van der Waals surface area contributed by atoms with Crippen molar-refractivity contribution in [3.63, 3.8) is 0 Å². The van der Waals surface area contributed by atoms with Gasteiger partial charge in [-0.2, -0.15) is 13.2 Å². The lowest BCUT2D eigenvalue weighted by Gasteiger charge is -2.07.